The van der Waals surface area contributed by atoms with Gasteiger partial charge in [-0.1, -0.05) is 42.0 Å². The van der Waals surface area contributed by atoms with E-state index < -0.39 is 16.0 Å². The summed E-state index contributed by atoms with van der Waals surface area (Å²) < 4.78 is 24.1. The van der Waals surface area contributed by atoms with Crippen LogP contribution >= 0.6 is 0 Å². The van der Waals surface area contributed by atoms with Crippen molar-refractivity contribution in [2.75, 3.05) is 0 Å². The van der Waals surface area contributed by atoms with Gasteiger partial charge in [0.05, 0.1) is 11.0 Å². The van der Waals surface area contributed by atoms with Crippen LogP contribution in [0.3, 0.4) is 0 Å². The number of carboxylic acids is 1. The molecule has 0 unspecified atom stereocenters. The second-order valence-electron chi connectivity index (χ2n) is 6.13. The number of rotatable bonds is 5. The highest BCUT2D eigenvalue weighted by Gasteiger charge is 2.25. The number of carboxylic acid groups (broad SMARTS) is 1. The topological polar surface area (TPSA) is 139 Å². The molecule has 0 aliphatic heterocycles. The number of aryl methyl sites for hydroxylation is 1. The minimum atomic E-state index is -3.86. The van der Waals surface area contributed by atoms with E-state index in [1.165, 1.54) is 24.3 Å². The summed E-state index contributed by atoms with van der Waals surface area (Å²) in [6.07, 6.45) is 0. The zero-order valence-electron chi connectivity index (χ0n) is 14.8. The average Bonchev–Trinajstić information content (AvgIpc) is 3.01. The van der Waals surface area contributed by atoms with Crippen molar-refractivity contribution in [1.29, 1.82) is 5.26 Å². The van der Waals surface area contributed by atoms with Gasteiger partial charge in [-0.2, -0.15) is 10.4 Å². The smallest absolute Gasteiger partial charge is 0.354 e. The Morgan fingerprint density at radius 2 is 1.71 bits per heavy atom. The minimum absolute atomic E-state index is 0.0666. The lowest BCUT2D eigenvalue weighted by Crippen LogP contribution is -2.11. The number of nitriles is 1. The number of nitrogens with two attached hydrogens (primary N) is 1. The molecule has 0 bridgehead atoms. The number of hydrogen-bond donors (Lipinski definition) is 2. The van der Waals surface area contributed by atoms with E-state index in [-0.39, 0.29) is 17.1 Å². The van der Waals surface area contributed by atoms with Gasteiger partial charge < -0.3 is 5.11 Å². The number of nitrogens with zero attached hydrogens (tertiary/aromatic N) is 3. The lowest BCUT2D eigenvalue weighted by Gasteiger charge is -2.06. The number of benzene rings is 2. The molecule has 9 heteroatoms. The number of aromatic nitrogens is 2. The normalized spacial score (nSPS) is 11.2. The third-order valence-electron chi connectivity index (χ3n) is 4.17. The van der Waals surface area contributed by atoms with E-state index in [2.05, 4.69) is 5.10 Å². The maximum Gasteiger partial charge on any atom is 0.354 e. The molecule has 142 valence electrons. The van der Waals surface area contributed by atoms with Gasteiger partial charge in [-0.3, -0.25) is 0 Å². The molecule has 3 aromatic rings. The molecule has 2 aromatic carbocycles. The van der Waals surface area contributed by atoms with Crippen molar-refractivity contribution in [3.63, 3.8) is 0 Å². The Hall–Kier alpha value is -3.48. The number of aromatic carboxylic acids is 1. The molecule has 28 heavy (non-hydrogen) atoms. The fourth-order valence-corrected chi connectivity index (χ4v) is 3.37. The Balaban J connectivity index is 2.28. The Labute approximate surface area is 161 Å². The predicted octanol–water partition coefficient (Wildman–Crippen LogP) is 2.39. The van der Waals surface area contributed by atoms with Crippen molar-refractivity contribution in [3.05, 3.63) is 59.8 Å². The molecular weight excluding hydrogens is 380 g/mol. The monoisotopic (exact) mass is 396 g/mol. The van der Waals surface area contributed by atoms with Crippen molar-refractivity contribution in [2.24, 2.45) is 5.14 Å². The molecule has 8 nitrogen and oxygen atoms in total. The van der Waals surface area contributed by atoms with Crippen molar-refractivity contribution in [1.82, 2.24) is 9.78 Å². The van der Waals surface area contributed by atoms with Gasteiger partial charge in [0.1, 0.15) is 12.2 Å². The molecule has 0 saturated heterocycles. The van der Waals surface area contributed by atoms with Crippen LogP contribution in [0.15, 0.2) is 53.4 Å². The number of carbonyl (C=O) groups is 1. The third-order valence-corrected chi connectivity index (χ3v) is 5.10. The van der Waals surface area contributed by atoms with Crippen LogP contribution in [0.1, 0.15) is 16.1 Å². The Morgan fingerprint density at radius 3 is 2.21 bits per heavy atom. The van der Waals surface area contributed by atoms with E-state index in [0.717, 1.165) is 10.2 Å². The van der Waals surface area contributed by atoms with Crippen LogP contribution in [0.5, 0.6) is 0 Å². The van der Waals surface area contributed by atoms with Crippen LogP contribution in [-0.2, 0) is 16.6 Å². The summed E-state index contributed by atoms with van der Waals surface area (Å²) in [5.74, 6) is -1.22. The SMILES string of the molecule is Cc1ccc(-c2c(-c3ccc(S(N)(=O)=O)cc3)nn(CC#N)c2C(=O)O)cc1. The summed E-state index contributed by atoms with van der Waals surface area (Å²) in [5, 5.41) is 28.2. The molecule has 0 radical (unpaired) electrons. The molecular formula is C19H16N4O4S. The molecule has 0 aliphatic rings. The minimum Gasteiger partial charge on any atom is -0.477 e. The third kappa shape index (κ3) is 3.64. The van der Waals surface area contributed by atoms with Gasteiger partial charge >= 0.3 is 5.97 Å². The van der Waals surface area contributed by atoms with Crippen LogP contribution in [-0.4, -0.2) is 29.3 Å². The highest BCUT2D eigenvalue weighted by Crippen LogP contribution is 2.35. The number of primary sulfonamides is 1. The van der Waals surface area contributed by atoms with Crippen molar-refractivity contribution in [2.45, 2.75) is 18.4 Å². The summed E-state index contributed by atoms with van der Waals surface area (Å²) in [6, 6.07) is 14.8. The van der Waals surface area contributed by atoms with Gasteiger partial charge in [0.25, 0.3) is 0 Å². The summed E-state index contributed by atoms with van der Waals surface area (Å²) in [5.41, 5.74) is 2.70. The zero-order chi connectivity index (χ0) is 20.5. The summed E-state index contributed by atoms with van der Waals surface area (Å²) >= 11 is 0. The Bertz CT molecular complexity index is 1190. The lowest BCUT2D eigenvalue weighted by molar-refractivity contribution is 0.0685. The molecule has 0 atom stereocenters. The van der Waals surface area contributed by atoms with E-state index in [9.17, 15) is 18.3 Å². The fourth-order valence-electron chi connectivity index (χ4n) is 2.86. The van der Waals surface area contributed by atoms with E-state index in [4.69, 9.17) is 10.4 Å². The Kier molecular flexibility index (Phi) is 5.00. The van der Waals surface area contributed by atoms with Gasteiger partial charge in [-0.15, -0.1) is 0 Å². The van der Waals surface area contributed by atoms with E-state index >= 15 is 0 Å². The molecule has 3 rings (SSSR count). The number of hydrogen-bond acceptors (Lipinski definition) is 5. The first-order valence-corrected chi connectivity index (χ1v) is 9.68. The van der Waals surface area contributed by atoms with E-state index in [0.29, 0.717) is 22.4 Å². The first kappa shape index (κ1) is 19.3. The fraction of sp³-hybridized carbons (Fsp3) is 0.105. The van der Waals surface area contributed by atoms with Crippen molar-refractivity contribution < 1.29 is 18.3 Å². The highest BCUT2D eigenvalue weighted by molar-refractivity contribution is 7.89. The van der Waals surface area contributed by atoms with Crippen LogP contribution in [0.2, 0.25) is 0 Å². The average molecular weight is 396 g/mol. The lowest BCUT2D eigenvalue weighted by atomic mass is 9.98. The van der Waals surface area contributed by atoms with E-state index in [1.54, 1.807) is 12.1 Å². The molecule has 0 aliphatic carbocycles. The quantitative estimate of drug-likeness (QED) is 0.679. The first-order valence-electron chi connectivity index (χ1n) is 8.13. The Morgan fingerprint density at radius 1 is 1.14 bits per heavy atom. The summed E-state index contributed by atoms with van der Waals surface area (Å²) in [4.78, 5) is 11.9. The number of sulfonamides is 1. The highest BCUT2D eigenvalue weighted by atomic mass is 32.2. The zero-order valence-corrected chi connectivity index (χ0v) is 15.6. The first-order chi connectivity index (χ1) is 13.2. The van der Waals surface area contributed by atoms with Crippen molar-refractivity contribution >= 4 is 16.0 Å². The van der Waals surface area contributed by atoms with Crippen LogP contribution < -0.4 is 5.14 Å². The molecule has 0 spiro atoms. The summed E-state index contributed by atoms with van der Waals surface area (Å²) in [6.45, 7) is 1.67. The maximum absolute atomic E-state index is 11.9. The second-order valence-corrected chi connectivity index (χ2v) is 7.69. The standard InChI is InChI=1S/C19H16N4O4S/c1-12-2-4-13(5-3-12)16-17(22-23(11-10-20)18(16)19(24)25)14-6-8-15(9-7-14)28(21,26)27/h2-9H,11H2,1H3,(H,24,25)(H2,21,26,27). The van der Waals surface area contributed by atoms with Crippen LogP contribution in [0.4, 0.5) is 0 Å². The molecule has 3 N–H and O–H groups in total. The van der Waals surface area contributed by atoms with E-state index in [1.807, 2.05) is 25.1 Å². The van der Waals surface area contributed by atoms with Gasteiger partial charge in [0.2, 0.25) is 10.0 Å². The molecule has 0 saturated carbocycles. The molecule has 0 fully saturated rings. The van der Waals surface area contributed by atoms with Gasteiger partial charge in [0, 0.05) is 11.1 Å². The van der Waals surface area contributed by atoms with Gasteiger partial charge in [-0.05, 0) is 24.6 Å². The largest absolute Gasteiger partial charge is 0.477 e. The van der Waals surface area contributed by atoms with Gasteiger partial charge in [-0.25, -0.2) is 23.0 Å². The second kappa shape index (κ2) is 7.26. The van der Waals surface area contributed by atoms with Crippen LogP contribution in [0, 0.1) is 18.3 Å². The summed E-state index contributed by atoms with van der Waals surface area (Å²) in [7, 11) is -3.86. The van der Waals surface area contributed by atoms with Crippen molar-refractivity contribution in [3.8, 4) is 28.5 Å². The maximum atomic E-state index is 11.9. The molecule has 1 aromatic heterocycles. The van der Waals surface area contributed by atoms with Crippen LogP contribution in [0.25, 0.3) is 22.4 Å². The van der Waals surface area contributed by atoms with Gasteiger partial charge in [0.15, 0.2) is 5.69 Å². The molecule has 0 amide bonds. The molecule has 1 heterocycles. The predicted molar refractivity (Wildman–Crippen MR) is 102 cm³/mol.